The zero-order chi connectivity index (χ0) is 17.4. The van der Waals surface area contributed by atoms with Gasteiger partial charge in [0.25, 0.3) is 0 Å². The minimum absolute atomic E-state index is 0.392. The predicted octanol–water partition coefficient (Wildman–Crippen LogP) is 3.27. The van der Waals surface area contributed by atoms with Crippen molar-refractivity contribution in [2.45, 2.75) is 52.4 Å². The predicted molar refractivity (Wildman–Crippen MR) is 95.5 cm³/mol. The molecule has 0 saturated carbocycles. The van der Waals surface area contributed by atoms with Crippen LogP contribution in [0.25, 0.3) is 0 Å². The van der Waals surface area contributed by atoms with E-state index in [2.05, 4.69) is 4.98 Å². The molecule has 1 aliphatic heterocycles. The fourth-order valence-electron chi connectivity index (χ4n) is 2.63. The smallest absolute Gasteiger partial charge is 0.473 e. The highest BCUT2D eigenvalue weighted by molar-refractivity contribution is 6.63. The molecule has 0 atom stereocenters. The van der Waals surface area contributed by atoms with E-state index in [9.17, 15) is 0 Å². The zero-order valence-corrected chi connectivity index (χ0v) is 15.0. The standard InChI is InChI=1S/C19H24BNO3/c1-14-11-12-21-17(22-13-15-9-7-6-8-10-15)16(14)20-23-18(2,3)19(4,5)24-20/h6-12H,13H2,1-5H3. The summed E-state index contributed by atoms with van der Waals surface area (Å²) in [4.78, 5) is 4.41. The monoisotopic (exact) mass is 325 g/mol. The second kappa shape index (κ2) is 6.23. The Labute approximate surface area is 144 Å². The molecule has 126 valence electrons. The zero-order valence-electron chi connectivity index (χ0n) is 15.0. The molecule has 1 aliphatic rings. The van der Waals surface area contributed by atoms with Crippen LogP contribution in [0.3, 0.4) is 0 Å². The topological polar surface area (TPSA) is 40.6 Å². The molecule has 0 aliphatic carbocycles. The molecule has 0 N–H and O–H groups in total. The molecule has 0 unspecified atom stereocenters. The largest absolute Gasteiger partial charge is 0.500 e. The molecule has 0 spiro atoms. The molecule has 4 nitrogen and oxygen atoms in total. The van der Waals surface area contributed by atoms with Gasteiger partial charge in [0.05, 0.1) is 11.2 Å². The van der Waals surface area contributed by atoms with Crippen molar-refractivity contribution < 1.29 is 14.0 Å². The number of ether oxygens (including phenoxy) is 1. The number of hydrogen-bond acceptors (Lipinski definition) is 4. The second-order valence-corrected chi connectivity index (χ2v) is 7.21. The molecule has 2 heterocycles. The van der Waals surface area contributed by atoms with Crippen LogP contribution in [0, 0.1) is 6.92 Å². The van der Waals surface area contributed by atoms with Crippen LogP contribution in [0.15, 0.2) is 42.6 Å². The van der Waals surface area contributed by atoms with Crippen molar-refractivity contribution in [2.75, 3.05) is 0 Å². The average Bonchev–Trinajstić information content (AvgIpc) is 2.74. The first-order valence-corrected chi connectivity index (χ1v) is 8.28. The third-order valence-electron chi connectivity index (χ3n) is 4.88. The number of aromatic nitrogens is 1. The summed E-state index contributed by atoms with van der Waals surface area (Å²) in [6.45, 7) is 10.7. The van der Waals surface area contributed by atoms with Gasteiger partial charge in [0.2, 0.25) is 5.88 Å². The van der Waals surface area contributed by atoms with Crippen molar-refractivity contribution in [1.29, 1.82) is 0 Å². The van der Waals surface area contributed by atoms with Gasteiger partial charge in [-0.05, 0) is 51.8 Å². The molecule has 1 fully saturated rings. The van der Waals surface area contributed by atoms with Crippen LogP contribution in [0.5, 0.6) is 5.88 Å². The lowest BCUT2D eigenvalue weighted by molar-refractivity contribution is 0.00578. The van der Waals surface area contributed by atoms with Crippen molar-refractivity contribution in [3.8, 4) is 5.88 Å². The summed E-state index contributed by atoms with van der Waals surface area (Å²) in [5, 5.41) is 0. The summed E-state index contributed by atoms with van der Waals surface area (Å²) >= 11 is 0. The lowest BCUT2D eigenvalue weighted by Crippen LogP contribution is -2.41. The highest BCUT2D eigenvalue weighted by atomic mass is 16.7. The Balaban J connectivity index is 1.86. The maximum absolute atomic E-state index is 6.18. The van der Waals surface area contributed by atoms with Crippen molar-refractivity contribution in [1.82, 2.24) is 4.98 Å². The molecule has 1 aromatic carbocycles. The summed E-state index contributed by atoms with van der Waals surface area (Å²) in [5.41, 5.74) is 2.23. The van der Waals surface area contributed by atoms with E-state index in [1.165, 1.54) is 0 Å². The minimum atomic E-state index is -0.477. The van der Waals surface area contributed by atoms with Gasteiger partial charge in [-0.3, -0.25) is 0 Å². The van der Waals surface area contributed by atoms with Crippen LogP contribution in [-0.2, 0) is 15.9 Å². The maximum atomic E-state index is 6.18. The molecule has 5 heteroatoms. The van der Waals surface area contributed by atoms with Crippen molar-refractivity contribution >= 4 is 12.6 Å². The van der Waals surface area contributed by atoms with Gasteiger partial charge in [-0.1, -0.05) is 30.3 Å². The van der Waals surface area contributed by atoms with Gasteiger partial charge >= 0.3 is 7.12 Å². The van der Waals surface area contributed by atoms with Gasteiger partial charge < -0.3 is 14.0 Å². The van der Waals surface area contributed by atoms with Crippen LogP contribution in [-0.4, -0.2) is 23.3 Å². The van der Waals surface area contributed by atoms with Gasteiger partial charge in [0.15, 0.2) is 0 Å². The number of aryl methyl sites for hydroxylation is 1. The van der Waals surface area contributed by atoms with Crippen LogP contribution in [0.4, 0.5) is 0 Å². The van der Waals surface area contributed by atoms with E-state index in [4.69, 9.17) is 14.0 Å². The number of benzene rings is 1. The van der Waals surface area contributed by atoms with Gasteiger partial charge in [0, 0.05) is 11.7 Å². The number of hydrogen-bond donors (Lipinski definition) is 0. The van der Waals surface area contributed by atoms with E-state index in [-0.39, 0.29) is 0 Å². The molecule has 2 aromatic rings. The van der Waals surface area contributed by atoms with E-state index < -0.39 is 18.3 Å². The van der Waals surface area contributed by atoms with Crippen molar-refractivity contribution in [2.24, 2.45) is 0 Å². The first-order chi connectivity index (χ1) is 11.3. The summed E-state index contributed by atoms with van der Waals surface area (Å²) in [7, 11) is -0.477. The fraction of sp³-hybridized carbons (Fsp3) is 0.421. The molecular formula is C19H24BNO3. The SMILES string of the molecule is Cc1ccnc(OCc2ccccc2)c1B1OC(C)(C)C(C)(C)O1. The Morgan fingerprint density at radius 2 is 1.62 bits per heavy atom. The van der Waals surface area contributed by atoms with Gasteiger partial charge in [-0.2, -0.15) is 0 Å². The van der Waals surface area contributed by atoms with Crippen LogP contribution in [0.2, 0.25) is 0 Å². The quantitative estimate of drug-likeness (QED) is 0.809. The van der Waals surface area contributed by atoms with Crippen LogP contribution >= 0.6 is 0 Å². The van der Waals surface area contributed by atoms with Gasteiger partial charge in [-0.25, -0.2) is 4.98 Å². The van der Waals surface area contributed by atoms with Crippen LogP contribution in [0.1, 0.15) is 38.8 Å². The summed E-state index contributed by atoms with van der Waals surface area (Å²) in [6, 6.07) is 12.0. The van der Waals surface area contributed by atoms with E-state index in [0.717, 1.165) is 16.6 Å². The third-order valence-corrected chi connectivity index (χ3v) is 4.88. The summed E-state index contributed by atoms with van der Waals surface area (Å²) in [5.74, 6) is 0.567. The number of pyridine rings is 1. The van der Waals surface area contributed by atoms with Crippen LogP contribution < -0.4 is 10.2 Å². The fourth-order valence-corrected chi connectivity index (χ4v) is 2.63. The molecule has 1 saturated heterocycles. The molecular weight excluding hydrogens is 301 g/mol. The second-order valence-electron chi connectivity index (χ2n) is 7.21. The van der Waals surface area contributed by atoms with Gasteiger partial charge in [0.1, 0.15) is 6.61 Å². The first kappa shape index (κ1) is 17.0. The Morgan fingerprint density at radius 3 is 2.25 bits per heavy atom. The van der Waals surface area contributed by atoms with Crippen molar-refractivity contribution in [3.63, 3.8) is 0 Å². The minimum Gasteiger partial charge on any atom is -0.473 e. The van der Waals surface area contributed by atoms with E-state index in [1.54, 1.807) is 6.20 Å². The van der Waals surface area contributed by atoms with Gasteiger partial charge in [-0.15, -0.1) is 0 Å². The average molecular weight is 325 g/mol. The highest BCUT2D eigenvalue weighted by Gasteiger charge is 2.53. The van der Waals surface area contributed by atoms with Crippen molar-refractivity contribution in [3.05, 3.63) is 53.7 Å². The number of nitrogens with zero attached hydrogens (tertiary/aromatic N) is 1. The maximum Gasteiger partial charge on any atom is 0.500 e. The van der Waals surface area contributed by atoms with E-state index in [1.807, 2.05) is 71.0 Å². The molecule has 0 radical (unpaired) electrons. The summed E-state index contributed by atoms with van der Waals surface area (Å²) < 4.78 is 18.3. The Bertz CT molecular complexity index is 700. The first-order valence-electron chi connectivity index (χ1n) is 8.28. The third kappa shape index (κ3) is 3.19. The highest BCUT2D eigenvalue weighted by Crippen LogP contribution is 2.37. The number of rotatable bonds is 4. The lowest BCUT2D eigenvalue weighted by atomic mass is 9.77. The molecule has 24 heavy (non-hydrogen) atoms. The van der Waals surface area contributed by atoms with E-state index >= 15 is 0 Å². The molecule has 1 aromatic heterocycles. The van der Waals surface area contributed by atoms with E-state index in [0.29, 0.717) is 12.5 Å². The Morgan fingerprint density at radius 1 is 1.00 bits per heavy atom. The Hall–Kier alpha value is -1.85. The molecule has 0 bridgehead atoms. The molecule has 0 amide bonds. The Kier molecular flexibility index (Phi) is 4.41. The molecule has 3 rings (SSSR count). The summed E-state index contributed by atoms with van der Waals surface area (Å²) in [6.07, 6.45) is 1.75. The lowest BCUT2D eigenvalue weighted by Gasteiger charge is -2.32. The normalized spacial score (nSPS) is 18.6.